The minimum atomic E-state index is -0.274. The molecule has 6 heteroatoms. The molecule has 0 bridgehead atoms. The minimum absolute atomic E-state index is 0.111. The largest absolute Gasteiger partial charge is 0.375 e. The van der Waals surface area contributed by atoms with E-state index in [2.05, 4.69) is 5.32 Å². The van der Waals surface area contributed by atoms with Gasteiger partial charge in [-0.25, -0.2) is 4.79 Å². The standard InChI is InChI=1S/C16H23N3O3/c1-22-14(12-5-3-2-4-6-12)11-18-16(21)19-9-7-13(8-10-19)15(17)20/h2-6,13-14H,7-11H2,1H3,(H2,17,20)(H,18,21)/t14-/m1/s1. The fourth-order valence-corrected chi connectivity index (χ4v) is 2.66. The van der Waals surface area contributed by atoms with E-state index in [0.29, 0.717) is 32.5 Å². The SMILES string of the molecule is CO[C@H](CNC(=O)N1CCC(C(N)=O)CC1)c1ccccc1. The maximum absolute atomic E-state index is 12.2. The summed E-state index contributed by atoms with van der Waals surface area (Å²) in [7, 11) is 1.63. The van der Waals surface area contributed by atoms with Crippen LogP contribution in [-0.2, 0) is 9.53 Å². The van der Waals surface area contributed by atoms with Crippen molar-refractivity contribution in [2.24, 2.45) is 11.7 Å². The fourth-order valence-electron chi connectivity index (χ4n) is 2.66. The lowest BCUT2D eigenvalue weighted by Crippen LogP contribution is -2.47. The highest BCUT2D eigenvalue weighted by molar-refractivity contribution is 5.78. The first-order valence-corrected chi connectivity index (χ1v) is 7.51. The normalized spacial score (nSPS) is 17.0. The van der Waals surface area contributed by atoms with Gasteiger partial charge in [0.15, 0.2) is 0 Å². The van der Waals surface area contributed by atoms with Crippen LogP contribution in [0, 0.1) is 5.92 Å². The molecule has 1 aliphatic rings. The van der Waals surface area contributed by atoms with E-state index in [-0.39, 0.29) is 24.0 Å². The molecular weight excluding hydrogens is 282 g/mol. The van der Waals surface area contributed by atoms with E-state index in [1.165, 1.54) is 0 Å². The van der Waals surface area contributed by atoms with Crippen molar-refractivity contribution in [3.8, 4) is 0 Å². The molecule has 0 aromatic heterocycles. The summed E-state index contributed by atoms with van der Waals surface area (Å²) in [6, 6.07) is 9.64. The molecule has 2 rings (SSSR count). The van der Waals surface area contributed by atoms with Crippen LogP contribution in [-0.4, -0.2) is 43.6 Å². The van der Waals surface area contributed by atoms with Gasteiger partial charge in [0.05, 0.1) is 6.10 Å². The maximum atomic E-state index is 12.2. The minimum Gasteiger partial charge on any atom is -0.375 e. The van der Waals surface area contributed by atoms with Crippen molar-refractivity contribution in [3.05, 3.63) is 35.9 Å². The van der Waals surface area contributed by atoms with Gasteiger partial charge in [-0.15, -0.1) is 0 Å². The van der Waals surface area contributed by atoms with Crippen molar-refractivity contribution >= 4 is 11.9 Å². The number of ether oxygens (including phenoxy) is 1. The number of nitrogens with two attached hydrogens (primary N) is 1. The second-order valence-corrected chi connectivity index (χ2v) is 5.48. The van der Waals surface area contributed by atoms with Crippen molar-refractivity contribution in [3.63, 3.8) is 0 Å². The van der Waals surface area contributed by atoms with E-state index < -0.39 is 0 Å². The number of piperidine rings is 1. The lowest BCUT2D eigenvalue weighted by molar-refractivity contribution is -0.123. The van der Waals surface area contributed by atoms with Gasteiger partial charge in [0.25, 0.3) is 0 Å². The second-order valence-electron chi connectivity index (χ2n) is 5.48. The van der Waals surface area contributed by atoms with Crippen molar-refractivity contribution in [2.75, 3.05) is 26.7 Å². The quantitative estimate of drug-likeness (QED) is 0.859. The molecule has 0 radical (unpaired) electrons. The zero-order valence-electron chi connectivity index (χ0n) is 12.8. The Balaban J connectivity index is 1.81. The number of hydrogen-bond donors (Lipinski definition) is 2. The zero-order valence-corrected chi connectivity index (χ0v) is 12.8. The lowest BCUT2D eigenvalue weighted by atomic mass is 9.96. The molecule has 1 aliphatic heterocycles. The zero-order chi connectivity index (χ0) is 15.9. The first-order chi connectivity index (χ1) is 10.6. The first kappa shape index (κ1) is 16.3. The predicted octanol–water partition coefficient (Wildman–Crippen LogP) is 1.28. The number of carbonyl (C=O) groups is 2. The highest BCUT2D eigenvalue weighted by atomic mass is 16.5. The molecule has 3 amide bonds. The topological polar surface area (TPSA) is 84.7 Å². The number of nitrogens with one attached hydrogen (secondary N) is 1. The van der Waals surface area contributed by atoms with Gasteiger partial charge < -0.3 is 20.7 Å². The molecule has 1 atom stereocenters. The van der Waals surface area contributed by atoms with E-state index in [9.17, 15) is 9.59 Å². The Kier molecular flexibility index (Phi) is 5.77. The lowest BCUT2D eigenvalue weighted by Gasteiger charge is -2.31. The van der Waals surface area contributed by atoms with Gasteiger partial charge in [0.2, 0.25) is 5.91 Å². The van der Waals surface area contributed by atoms with Crippen LogP contribution in [0.3, 0.4) is 0 Å². The van der Waals surface area contributed by atoms with Crippen LogP contribution in [0.2, 0.25) is 0 Å². The van der Waals surface area contributed by atoms with Gasteiger partial charge in [-0.1, -0.05) is 30.3 Å². The summed E-state index contributed by atoms with van der Waals surface area (Å²) >= 11 is 0. The van der Waals surface area contributed by atoms with E-state index >= 15 is 0 Å². The summed E-state index contributed by atoms with van der Waals surface area (Å²) < 4.78 is 5.43. The highest BCUT2D eigenvalue weighted by Crippen LogP contribution is 2.18. The third-order valence-electron chi connectivity index (χ3n) is 4.08. The summed E-state index contributed by atoms with van der Waals surface area (Å²) in [5.74, 6) is -0.385. The monoisotopic (exact) mass is 305 g/mol. The number of nitrogens with zero attached hydrogens (tertiary/aromatic N) is 1. The molecule has 0 saturated carbocycles. The number of rotatable bonds is 5. The number of carbonyl (C=O) groups excluding carboxylic acids is 2. The van der Waals surface area contributed by atoms with Gasteiger partial charge >= 0.3 is 6.03 Å². The number of methoxy groups -OCH3 is 1. The van der Waals surface area contributed by atoms with Crippen LogP contribution in [0.5, 0.6) is 0 Å². The van der Waals surface area contributed by atoms with Gasteiger partial charge in [0.1, 0.15) is 0 Å². The second kappa shape index (κ2) is 7.79. The van der Waals surface area contributed by atoms with Crippen molar-refractivity contribution in [1.29, 1.82) is 0 Å². The Morgan fingerprint density at radius 1 is 1.32 bits per heavy atom. The Morgan fingerprint density at radius 2 is 1.95 bits per heavy atom. The van der Waals surface area contributed by atoms with Gasteiger partial charge in [-0.3, -0.25) is 4.79 Å². The van der Waals surface area contributed by atoms with Gasteiger partial charge in [-0.05, 0) is 18.4 Å². The molecular formula is C16H23N3O3. The molecule has 1 saturated heterocycles. The molecule has 0 unspecified atom stereocenters. The Bertz CT molecular complexity index is 499. The number of benzene rings is 1. The summed E-state index contributed by atoms with van der Waals surface area (Å²) in [6.07, 6.45) is 1.10. The molecule has 120 valence electrons. The molecule has 1 heterocycles. The number of hydrogen-bond acceptors (Lipinski definition) is 3. The summed E-state index contributed by atoms with van der Waals surface area (Å²) in [6.45, 7) is 1.53. The first-order valence-electron chi connectivity index (χ1n) is 7.51. The third-order valence-corrected chi connectivity index (χ3v) is 4.08. The van der Waals surface area contributed by atoms with Crippen LogP contribution in [0.4, 0.5) is 4.79 Å². The summed E-state index contributed by atoms with van der Waals surface area (Å²) in [4.78, 5) is 25.0. The number of likely N-dealkylation sites (tertiary alicyclic amines) is 1. The molecule has 22 heavy (non-hydrogen) atoms. The average molecular weight is 305 g/mol. The van der Waals surface area contributed by atoms with E-state index in [1.807, 2.05) is 30.3 Å². The van der Waals surface area contributed by atoms with Crippen LogP contribution in [0.25, 0.3) is 0 Å². The molecule has 0 spiro atoms. The number of urea groups is 1. The fraction of sp³-hybridized carbons (Fsp3) is 0.500. The highest BCUT2D eigenvalue weighted by Gasteiger charge is 2.26. The average Bonchev–Trinajstić information content (AvgIpc) is 2.56. The Morgan fingerprint density at radius 3 is 2.50 bits per heavy atom. The van der Waals surface area contributed by atoms with Crippen molar-refractivity contribution in [1.82, 2.24) is 10.2 Å². The smallest absolute Gasteiger partial charge is 0.317 e. The van der Waals surface area contributed by atoms with Crippen molar-refractivity contribution < 1.29 is 14.3 Å². The van der Waals surface area contributed by atoms with Crippen LogP contribution in [0.15, 0.2) is 30.3 Å². The van der Waals surface area contributed by atoms with Gasteiger partial charge in [0, 0.05) is 32.7 Å². The molecule has 1 fully saturated rings. The number of amides is 3. The molecule has 6 nitrogen and oxygen atoms in total. The summed E-state index contributed by atoms with van der Waals surface area (Å²) in [5, 5.41) is 2.89. The van der Waals surface area contributed by atoms with Crippen LogP contribution >= 0.6 is 0 Å². The van der Waals surface area contributed by atoms with Crippen LogP contribution < -0.4 is 11.1 Å². The molecule has 1 aromatic rings. The van der Waals surface area contributed by atoms with Crippen molar-refractivity contribution in [2.45, 2.75) is 18.9 Å². The number of primary amides is 1. The van der Waals surface area contributed by atoms with E-state index in [1.54, 1.807) is 12.0 Å². The van der Waals surface area contributed by atoms with Gasteiger partial charge in [-0.2, -0.15) is 0 Å². The Hall–Kier alpha value is -2.08. The molecule has 0 aliphatic carbocycles. The summed E-state index contributed by atoms with van der Waals surface area (Å²) in [5.41, 5.74) is 6.32. The maximum Gasteiger partial charge on any atom is 0.317 e. The Labute approximate surface area is 130 Å². The molecule has 1 aromatic carbocycles. The third kappa shape index (κ3) is 4.21. The van der Waals surface area contributed by atoms with E-state index in [0.717, 1.165) is 5.56 Å². The molecule has 3 N–H and O–H groups in total. The van der Waals surface area contributed by atoms with E-state index in [4.69, 9.17) is 10.5 Å². The van der Waals surface area contributed by atoms with Crippen LogP contribution in [0.1, 0.15) is 24.5 Å². The predicted molar refractivity (Wildman–Crippen MR) is 83.1 cm³/mol.